The van der Waals surface area contributed by atoms with Gasteiger partial charge in [-0.3, -0.25) is 4.79 Å². The molecule has 0 aliphatic rings. The van der Waals surface area contributed by atoms with E-state index < -0.39 is 10.0 Å². The maximum absolute atomic E-state index is 12.3. The first-order chi connectivity index (χ1) is 12.8. The largest absolute Gasteiger partial charge is 0.327 e. The third kappa shape index (κ3) is 4.24. The van der Waals surface area contributed by atoms with Crippen LogP contribution in [0.5, 0.6) is 0 Å². The van der Waals surface area contributed by atoms with Crippen molar-refractivity contribution in [2.45, 2.75) is 18.0 Å². The van der Waals surface area contributed by atoms with Crippen LogP contribution in [0.1, 0.15) is 11.4 Å². The highest BCUT2D eigenvalue weighted by molar-refractivity contribution is 7.89. The number of benzene rings is 2. The first-order valence-electron chi connectivity index (χ1n) is 8.58. The van der Waals surface area contributed by atoms with Gasteiger partial charge in [-0.1, -0.05) is 24.3 Å². The monoisotopic (exact) mass is 387 g/mol. The summed E-state index contributed by atoms with van der Waals surface area (Å²) in [5.74, 6) is 0.605. The molecule has 0 amide bonds. The summed E-state index contributed by atoms with van der Waals surface area (Å²) in [6.45, 7) is 1.12. The zero-order valence-electron chi connectivity index (χ0n) is 15.6. The van der Waals surface area contributed by atoms with E-state index in [1.807, 2.05) is 31.3 Å². The summed E-state index contributed by atoms with van der Waals surface area (Å²) >= 11 is 0. The summed E-state index contributed by atoms with van der Waals surface area (Å²) in [6, 6.07) is 14.2. The lowest BCUT2D eigenvalue weighted by Gasteiger charge is -2.15. The average molecular weight is 387 g/mol. The third-order valence-electron chi connectivity index (χ3n) is 4.31. The van der Waals surface area contributed by atoms with Crippen molar-refractivity contribution in [3.05, 3.63) is 70.3 Å². The van der Waals surface area contributed by atoms with Crippen molar-refractivity contribution < 1.29 is 13.3 Å². The molecule has 142 valence electrons. The van der Waals surface area contributed by atoms with Gasteiger partial charge in [-0.05, 0) is 24.3 Å². The molecule has 0 spiro atoms. The normalized spacial score (nSPS) is 13.2. The van der Waals surface area contributed by atoms with Crippen molar-refractivity contribution in [2.75, 3.05) is 21.1 Å². The lowest BCUT2D eigenvalue weighted by atomic mass is 10.2. The molecule has 1 atom stereocenters. The number of nitrogens with zero attached hydrogens (tertiary/aromatic N) is 2. The minimum atomic E-state index is -3.46. The molecule has 0 bridgehead atoms. The van der Waals surface area contributed by atoms with Gasteiger partial charge in [-0.15, -0.1) is 0 Å². The summed E-state index contributed by atoms with van der Waals surface area (Å²) < 4.78 is 25.8. The smallest absolute Gasteiger partial charge is 0.258 e. The highest BCUT2D eigenvalue weighted by atomic mass is 32.2. The van der Waals surface area contributed by atoms with Crippen LogP contribution >= 0.6 is 0 Å². The topological polar surface area (TPSA) is 87.6 Å². The first kappa shape index (κ1) is 19.2. The van der Waals surface area contributed by atoms with Gasteiger partial charge in [0, 0.05) is 19.7 Å². The zero-order valence-corrected chi connectivity index (χ0v) is 16.4. The number of H-pyrrole nitrogens is 1. The van der Waals surface area contributed by atoms with Crippen LogP contribution < -0.4 is 10.5 Å². The van der Waals surface area contributed by atoms with E-state index in [1.54, 1.807) is 24.3 Å². The molecule has 8 heteroatoms. The summed E-state index contributed by atoms with van der Waals surface area (Å²) in [6.07, 6.45) is 0. The van der Waals surface area contributed by atoms with Crippen LogP contribution in [0.25, 0.3) is 10.9 Å². The van der Waals surface area contributed by atoms with E-state index in [0.29, 0.717) is 29.8 Å². The highest BCUT2D eigenvalue weighted by Gasteiger charge is 2.18. The molecule has 0 saturated carbocycles. The molecule has 3 aromatic rings. The van der Waals surface area contributed by atoms with Crippen molar-refractivity contribution in [1.82, 2.24) is 14.3 Å². The van der Waals surface area contributed by atoms with E-state index in [9.17, 15) is 13.2 Å². The van der Waals surface area contributed by atoms with Crippen LogP contribution in [-0.2, 0) is 23.1 Å². The molecule has 27 heavy (non-hydrogen) atoms. The number of hydrogen-bond donors (Lipinski definition) is 2. The summed E-state index contributed by atoms with van der Waals surface area (Å²) in [5, 5.41) is 0.570. The standard InChI is InChI=1S/C19H22N4O3S/c1-22(2)27(25,26)15-8-6-7-14(11-15)12-23(3)13-18-20-17-10-5-4-9-16(17)19(24)21-18/h4-11H,12-13H2,1-3H3,(H,20,21,24)/p+1. The van der Waals surface area contributed by atoms with Crippen LogP contribution in [-0.4, -0.2) is 43.8 Å². The van der Waals surface area contributed by atoms with Crippen molar-refractivity contribution in [3.63, 3.8) is 0 Å². The lowest BCUT2D eigenvalue weighted by Crippen LogP contribution is -3.06. The SMILES string of the molecule is CN(C)S(=O)(=O)c1cccc(C[NH+](C)Cc2nc3ccccc3c(=O)[nH]2)c1. The van der Waals surface area contributed by atoms with Gasteiger partial charge >= 0.3 is 0 Å². The molecule has 0 aliphatic heterocycles. The molecule has 7 nitrogen and oxygen atoms in total. The van der Waals surface area contributed by atoms with E-state index in [2.05, 4.69) is 9.97 Å². The van der Waals surface area contributed by atoms with Crippen LogP contribution in [0.3, 0.4) is 0 Å². The summed E-state index contributed by atoms with van der Waals surface area (Å²) in [5.41, 5.74) is 1.42. The number of sulfonamides is 1. The van der Waals surface area contributed by atoms with Crippen molar-refractivity contribution in [3.8, 4) is 0 Å². The Kier molecular flexibility index (Phi) is 5.41. The van der Waals surface area contributed by atoms with Gasteiger partial charge in [0.25, 0.3) is 5.56 Å². The Hall–Kier alpha value is -2.55. The number of para-hydroxylation sites is 1. The first-order valence-corrected chi connectivity index (χ1v) is 10.0. The summed E-state index contributed by atoms with van der Waals surface area (Å²) in [7, 11) is 1.54. The minimum Gasteiger partial charge on any atom is -0.327 e. The molecule has 2 N–H and O–H groups in total. The fourth-order valence-electron chi connectivity index (χ4n) is 2.94. The second kappa shape index (κ2) is 7.59. The quantitative estimate of drug-likeness (QED) is 0.641. The number of aromatic amines is 1. The number of fused-ring (bicyclic) bond motifs is 1. The van der Waals surface area contributed by atoms with E-state index in [0.717, 1.165) is 10.5 Å². The predicted molar refractivity (Wildman–Crippen MR) is 104 cm³/mol. The lowest BCUT2D eigenvalue weighted by molar-refractivity contribution is -0.908. The molecule has 1 aromatic heterocycles. The maximum atomic E-state index is 12.3. The molecule has 0 radical (unpaired) electrons. The zero-order chi connectivity index (χ0) is 19.6. The van der Waals surface area contributed by atoms with Crippen LogP contribution in [0.15, 0.2) is 58.2 Å². The fraction of sp³-hybridized carbons (Fsp3) is 0.263. The van der Waals surface area contributed by atoms with E-state index in [-0.39, 0.29) is 10.5 Å². The van der Waals surface area contributed by atoms with Gasteiger partial charge < -0.3 is 9.88 Å². The van der Waals surface area contributed by atoms with E-state index in [4.69, 9.17) is 0 Å². The van der Waals surface area contributed by atoms with Gasteiger partial charge in [-0.25, -0.2) is 17.7 Å². The summed E-state index contributed by atoms with van der Waals surface area (Å²) in [4.78, 5) is 20.9. The third-order valence-corrected chi connectivity index (χ3v) is 6.13. The number of nitrogens with one attached hydrogen (secondary N) is 2. The molecule has 0 aliphatic carbocycles. The van der Waals surface area contributed by atoms with Gasteiger partial charge in [0.2, 0.25) is 10.0 Å². The predicted octanol–water partition coefficient (Wildman–Crippen LogP) is 0.388. The second-order valence-electron chi connectivity index (χ2n) is 6.78. The molecule has 1 heterocycles. The van der Waals surface area contributed by atoms with Gasteiger partial charge in [0.05, 0.1) is 22.8 Å². The van der Waals surface area contributed by atoms with Crippen LogP contribution in [0.2, 0.25) is 0 Å². The van der Waals surface area contributed by atoms with Gasteiger partial charge in [0.1, 0.15) is 13.1 Å². The van der Waals surface area contributed by atoms with Crippen molar-refractivity contribution in [1.29, 1.82) is 0 Å². The molecule has 2 aromatic carbocycles. The van der Waals surface area contributed by atoms with Gasteiger partial charge in [-0.2, -0.15) is 0 Å². The number of rotatable bonds is 6. The van der Waals surface area contributed by atoms with Crippen LogP contribution in [0, 0.1) is 0 Å². The molecular formula is C19H23N4O3S+. The second-order valence-corrected chi connectivity index (χ2v) is 8.93. The molecule has 3 rings (SSSR count). The van der Waals surface area contributed by atoms with Gasteiger partial charge in [0.15, 0.2) is 5.82 Å². The van der Waals surface area contributed by atoms with E-state index >= 15 is 0 Å². The molecule has 0 fully saturated rings. The number of aromatic nitrogens is 2. The Balaban J connectivity index is 1.79. The van der Waals surface area contributed by atoms with E-state index in [1.165, 1.54) is 18.4 Å². The Morgan fingerprint density at radius 1 is 1.07 bits per heavy atom. The molecular weight excluding hydrogens is 364 g/mol. The van der Waals surface area contributed by atoms with Crippen molar-refractivity contribution in [2.24, 2.45) is 0 Å². The number of hydrogen-bond acceptors (Lipinski definition) is 4. The van der Waals surface area contributed by atoms with Crippen molar-refractivity contribution >= 4 is 20.9 Å². The average Bonchev–Trinajstić information content (AvgIpc) is 2.61. The molecule has 1 unspecified atom stereocenters. The number of quaternary nitrogens is 1. The Labute approximate surface area is 158 Å². The Morgan fingerprint density at radius 3 is 2.56 bits per heavy atom. The maximum Gasteiger partial charge on any atom is 0.258 e. The molecule has 0 saturated heterocycles. The fourth-order valence-corrected chi connectivity index (χ4v) is 3.91. The minimum absolute atomic E-state index is 0.150. The van der Waals surface area contributed by atoms with Crippen LogP contribution in [0.4, 0.5) is 0 Å². The highest BCUT2D eigenvalue weighted by Crippen LogP contribution is 2.14. The Bertz CT molecular complexity index is 1120. The Morgan fingerprint density at radius 2 is 1.81 bits per heavy atom.